The number of anilines is 5. The highest BCUT2D eigenvalue weighted by atomic mass is 15.3. The van der Waals surface area contributed by atoms with Crippen molar-refractivity contribution in [1.82, 2.24) is 15.0 Å². The number of aromatic nitrogens is 3. The van der Waals surface area contributed by atoms with E-state index in [1.165, 1.54) is 5.69 Å². The SMILES string of the molecule is CCCCC1Nc2ccccc2N1c1ccc(-c2ccc(N)cc2-c2cccc(-c3nc(-c4ccccc4)nc(-c4ccccc4)n3)c2)c(N)c1. The zero-order chi connectivity index (χ0) is 34.7. The summed E-state index contributed by atoms with van der Waals surface area (Å²) in [4.78, 5) is 17.2. The maximum atomic E-state index is 6.93. The molecular weight excluding hydrogens is 627 g/mol. The monoisotopic (exact) mass is 665 g/mol. The number of nitrogens with two attached hydrogens (primary N) is 2. The number of nitrogen functional groups attached to an aromatic ring is 2. The molecule has 1 aliphatic heterocycles. The number of unbranched alkanes of at least 4 members (excludes halogenated alkanes) is 1. The molecule has 51 heavy (non-hydrogen) atoms. The Bertz CT molecular complexity index is 2260. The normalized spacial score (nSPS) is 13.5. The summed E-state index contributed by atoms with van der Waals surface area (Å²) in [5.74, 6) is 1.83. The number of nitrogens with zero attached hydrogens (tertiary/aromatic N) is 4. The molecular formula is C44H39N7. The molecule has 0 amide bonds. The van der Waals surface area contributed by atoms with Gasteiger partial charge in [-0.15, -0.1) is 0 Å². The summed E-state index contributed by atoms with van der Waals surface area (Å²) >= 11 is 0. The first kappa shape index (κ1) is 31.8. The molecule has 2 heterocycles. The van der Waals surface area contributed by atoms with Gasteiger partial charge in [0.1, 0.15) is 6.17 Å². The van der Waals surface area contributed by atoms with Crippen LogP contribution >= 0.6 is 0 Å². The van der Waals surface area contributed by atoms with Crippen LogP contribution in [-0.2, 0) is 0 Å². The minimum atomic E-state index is 0.169. The van der Waals surface area contributed by atoms with E-state index in [1.54, 1.807) is 0 Å². The predicted molar refractivity (Wildman–Crippen MR) is 211 cm³/mol. The van der Waals surface area contributed by atoms with Crippen LogP contribution < -0.4 is 21.7 Å². The van der Waals surface area contributed by atoms with Crippen molar-refractivity contribution in [2.24, 2.45) is 0 Å². The Labute approximate surface area is 298 Å². The van der Waals surface area contributed by atoms with E-state index in [0.29, 0.717) is 28.8 Å². The summed E-state index contributed by atoms with van der Waals surface area (Å²) in [6.07, 6.45) is 3.48. The highest BCUT2D eigenvalue weighted by molar-refractivity contribution is 5.93. The van der Waals surface area contributed by atoms with Gasteiger partial charge in [-0.2, -0.15) is 0 Å². The lowest BCUT2D eigenvalue weighted by Gasteiger charge is -2.28. The molecule has 7 nitrogen and oxygen atoms in total. The lowest BCUT2D eigenvalue weighted by atomic mass is 9.92. The van der Waals surface area contributed by atoms with Gasteiger partial charge in [-0.1, -0.05) is 116 Å². The maximum absolute atomic E-state index is 6.93. The molecule has 5 N–H and O–H groups in total. The van der Waals surface area contributed by atoms with Gasteiger partial charge >= 0.3 is 0 Å². The third-order valence-corrected chi connectivity index (χ3v) is 9.41. The fourth-order valence-corrected chi connectivity index (χ4v) is 6.88. The Morgan fingerprint density at radius 3 is 1.86 bits per heavy atom. The largest absolute Gasteiger partial charge is 0.399 e. The van der Waals surface area contributed by atoms with Crippen molar-refractivity contribution in [3.8, 4) is 56.4 Å². The topological polar surface area (TPSA) is 106 Å². The Balaban J connectivity index is 1.19. The number of para-hydroxylation sites is 2. The van der Waals surface area contributed by atoms with Gasteiger partial charge in [-0.3, -0.25) is 0 Å². The number of fused-ring (bicyclic) bond motifs is 1. The van der Waals surface area contributed by atoms with Crippen LogP contribution in [0.1, 0.15) is 26.2 Å². The van der Waals surface area contributed by atoms with Crippen LogP contribution in [0.3, 0.4) is 0 Å². The summed E-state index contributed by atoms with van der Waals surface area (Å²) in [5, 5.41) is 3.72. The molecule has 0 saturated heterocycles. The van der Waals surface area contributed by atoms with Crippen LogP contribution in [0.2, 0.25) is 0 Å². The number of rotatable bonds is 9. The quantitative estimate of drug-likeness (QED) is 0.132. The minimum absolute atomic E-state index is 0.169. The fourth-order valence-electron chi connectivity index (χ4n) is 6.88. The first-order valence-corrected chi connectivity index (χ1v) is 17.5. The molecule has 250 valence electrons. The van der Waals surface area contributed by atoms with Crippen LogP contribution in [0.4, 0.5) is 28.4 Å². The third kappa shape index (κ3) is 6.37. The van der Waals surface area contributed by atoms with Crippen LogP contribution in [0.25, 0.3) is 56.4 Å². The van der Waals surface area contributed by atoms with Gasteiger partial charge in [-0.25, -0.2) is 15.0 Å². The Kier molecular flexibility index (Phi) is 8.60. The first-order valence-electron chi connectivity index (χ1n) is 17.5. The van der Waals surface area contributed by atoms with Gasteiger partial charge in [0.25, 0.3) is 0 Å². The van der Waals surface area contributed by atoms with E-state index in [9.17, 15) is 0 Å². The molecule has 1 aliphatic rings. The molecule has 0 spiro atoms. The fraction of sp³-hybridized carbons (Fsp3) is 0.114. The number of hydrogen-bond donors (Lipinski definition) is 3. The molecule has 0 saturated carbocycles. The van der Waals surface area contributed by atoms with E-state index in [2.05, 4.69) is 77.8 Å². The summed E-state index contributed by atoms with van der Waals surface area (Å²) in [6.45, 7) is 2.23. The summed E-state index contributed by atoms with van der Waals surface area (Å²) in [6, 6.07) is 49.2. The molecule has 0 bridgehead atoms. The van der Waals surface area contributed by atoms with Crippen LogP contribution in [0.15, 0.2) is 146 Å². The molecule has 0 fully saturated rings. The zero-order valence-corrected chi connectivity index (χ0v) is 28.5. The van der Waals surface area contributed by atoms with Crippen molar-refractivity contribution in [1.29, 1.82) is 0 Å². The molecule has 1 unspecified atom stereocenters. The molecule has 0 radical (unpaired) electrons. The second-order valence-electron chi connectivity index (χ2n) is 12.9. The van der Waals surface area contributed by atoms with Gasteiger partial charge < -0.3 is 21.7 Å². The molecule has 1 atom stereocenters. The second-order valence-corrected chi connectivity index (χ2v) is 12.9. The van der Waals surface area contributed by atoms with E-state index < -0.39 is 0 Å². The van der Waals surface area contributed by atoms with Gasteiger partial charge in [0, 0.05) is 39.3 Å². The summed E-state index contributed by atoms with van der Waals surface area (Å²) in [5.41, 5.74) is 24.7. The van der Waals surface area contributed by atoms with Crippen molar-refractivity contribution in [3.05, 3.63) is 146 Å². The Morgan fingerprint density at radius 1 is 0.569 bits per heavy atom. The van der Waals surface area contributed by atoms with Gasteiger partial charge in [0.2, 0.25) is 0 Å². The molecule has 8 rings (SSSR count). The van der Waals surface area contributed by atoms with E-state index in [1.807, 2.05) is 84.9 Å². The minimum Gasteiger partial charge on any atom is -0.399 e. The van der Waals surface area contributed by atoms with Crippen LogP contribution in [-0.4, -0.2) is 21.1 Å². The van der Waals surface area contributed by atoms with Crippen molar-refractivity contribution in [2.45, 2.75) is 32.4 Å². The van der Waals surface area contributed by atoms with Crippen LogP contribution in [0, 0.1) is 0 Å². The highest BCUT2D eigenvalue weighted by Crippen LogP contribution is 2.44. The number of nitrogens with one attached hydrogen (secondary N) is 1. The first-order chi connectivity index (χ1) is 25.1. The molecule has 7 heteroatoms. The van der Waals surface area contributed by atoms with Crippen molar-refractivity contribution in [2.75, 3.05) is 21.7 Å². The zero-order valence-electron chi connectivity index (χ0n) is 28.5. The Morgan fingerprint density at radius 2 is 1.18 bits per heavy atom. The molecule has 7 aromatic rings. The van der Waals surface area contributed by atoms with Crippen molar-refractivity contribution >= 4 is 28.4 Å². The van der Waals surface area contributed by atoms with Gasteiger partial charge in [-0.05, 0) is 72.0 Å². The Hall–Kier alpha value is -6.47. The third-order valence-electron chi connectivity index (χ3n) is 9.41. The molecule has 6 aromatic carbocycles. The van der Waals surface area contributed by atoms with E-state index in [4.69, 9.17) is 26.4 Å². The van der Waals surface area contributed by atoms with E-state index in [-0.39, 0.29) is 6.17 Å². The summed E-state index contributed by atoms with van der Waals surface area (Å²) < 4.78 is 0. The van der Waals surface area contributed by atoms with Gasteiger partial charge in [0.05, 0.1) is 11.4 Å². The number of benzene rings is 6. The number of hydrogen-bond acceptors (Lipinski definition) is 7. The predicted octanol–water partition coefficient (Wildman–Crippen LogP) is 10.5. The maximum Gasteiger partial charge on any atom is 0.164 e. The molecule has 0 aliphatic carbocycles. The lowest BCUT2D eigenvalue weighted by Crippen LogP contribution is -2.31. The van der Waals surface area contributed by atoms with Crippen LogP contribution in [0.5, 0.6) is 0 Å². The van der Waals surface area contributed by atoms with E-state index >= 15 is 0 Å². The molecule has 1 aromatic heterocycles. The van der Waals surface area contributed by atoms with Crippen molar-refractivity contribution in [3.63, 3.8) is 0 Å². The second kappa shape index (κ2) is 13.8. The standard InChI is InChI=1S/C44H39N7/c1-2-3-21-41-47-39-19-10-11-20-40(39)51(41)34-23-25-36(38(46)28-34)35-24-22-33(45)27-37(35)31-17-12-18-32(26-31)44-49-42(29-13-6-4-7-14-29)48-43(50-44)30-15-8-5-9-16-30/h4-20,22-28,41,47H,2-3,21,45-46H2,1H3. The van der Waals surface area contributed by atoms with Crippen molar-refractivity contribution < 1.29 is 0 Å². The summed E-state index contributed by atoms with van der Waals surface area (Å²) in [7, 11) is 0. The average molecular weight is 666 g/mol. The lowest BCUT2D eigenvalue weighted by molar-refractivity contribution is 0.627. The highest BCUT2D eigenvalue weighted by Gasteiger charge is 2.29. The average Bonchev–Trinajstić information content (AvgIpc) is 3.56. The van der Waals surface area contributed by atoms with Gasteiger partial charge in [0.15, 0.2) is 17.5 Å². The smallest absolute Gasteiger partial charge is 0.164 e. The van der Waals surface area contributed by atoms with E-state index in [0.717, 1.165) is 69.6 Å².